The van der Waals surface area contributed by atoms with Crippen molar-refractivity contribution in [1.82, 2.24) is 15.2 Å². The minimum Gasteiger partial charge on any atom is -0.394 e. The average Bonchev–Trinajstić information content (AvgIpc) is 3.27. The van der Waals surface area contributed by atoms with Crippen molar-refractivity contribution in [1.29, 1.82) is 0 Å². The number of nitrogens with one attached hydrogen (secondary N) is 1. The summed E-state index contributed by atoms with van der Waals surface area (Å²) in [4.78, 5) is 20.1. The number of amides is 1. The van der Waals surface area contributed by atoms with E-state index in [1.807, 2.05) is 0 Å². The van der Waals surface area contributed by atoms with E-state index in [1.54, 1.807) is 25.1 Å². The number of aromatic nitrogens is 1. The standard InChI is InChI=1S/C28H36F3N3O4S.ClH/c1-3-25-26-21(16-34(25)15-18-5-9-22(10-6-18)28(29,30)31)13-20(14-32-26)27(36)33-24(17-35)19-7-11-23(12-8-19)39(37,38)4-2;/h7-8,11-14,18,22,24-25,35H,3-6,9-10,15-17H2,1-2H3,(H,33,36);1H/t18?,22?,24-,25-;/m0./s1. The van der Waals surface area contributed by atoms with Crippen molar-refractivity contribution in [2.24, 2.45) is 11.8 Å². The Labute approximate surface area is 239 Å². The average molecular weight is 604 g/mol. The fraction of sp³-hybridized carbons (Fsp3) is 0.571. The lowest BCUT2D eigenvalue weighted by Gasteiger charge is -2.33. The predicted molar refractivity (Wildman–Crippen MR) is 148 cm³/mol. The molecule has 12 heteroatoms. The highest BCUT2D eigenvalue weighted by atomic mass is 35.5. The number of pyridine rings is 1. The SMILES string of the molecule is CC[C@H]1c2ncc(C(=O)N[C@@H](CO)c3ccc(S(=O)(=O)CC)cc3)cc2CN1CC1CCC(C(F)(F)F)CC1.Cl. The number of alkyl halides is 3. The summed E-state index contributed by atoms with van der Waals surface area (Å²) in [5.41, 5.74) is 2.74. The Morgan fingerprint density at radius 3 is 2.35 bits per heavy atom. The van der Waals surface area contributed by atoms with Gasteiger partial charge in [-0.2, -0.15) is 13.2 Å². The van der Waals surface area contributed by atoms with E-state index in [9.17, 15) is 31.5 Å². The number of benzene rings is 1. The highest BCUT2D eigenvalue weighted by molar-refractivity contribution is 7.91. The van der Waals surface area contributed by atoms with Gasteiger partial charge in [-0.15, -0.1) is 12.4 Å². The number of aliphatic hydroxyl groups excluding tert-OH is 1. The predicted octanol–water partition coefficient (Wildman–Crippen LogP) is 5.40. The van der Waals surface area contributed by atoms with Crippen LogP contribution in [0.5, 0.6) is 0 Å². The van der Waals surface area contributed by atoms with E-state index in [4.69, 9.17) is 0 Å². The summed E-state index contributed by atoms with van der Waals surface area (Å²) >= 11 is 0. The number of aliphatic hydroxyl groups is 1. The van der Waals surface area contributed by atoms with Crippen molar-refractivity contribution in [2.75, 3.05) is 18.9 Å². The lowest BCUT2D eigenvalue weighted by Crippen LogP contribution is -2.33. The van der Waals surface area contributed by atoms with Crippen LogP contribution in [0.4, 0.5) is 13.2 Å². The summed E-state index contributed by atoms with van der Waals surface area (Å²) in [6.07, 6.45) is -0.324. The van der Waals surface area contributed by atoms with Crippen LogP contribution >= 0.6 is 12.4 Å². The third-order valence-electron chi connectivity index (χ3n) is 8.09. The number of nitrogens with zero attached hydrogens (tertiary/aromatic N) is 2. The molecule has 2 aliphatic rings. The number of rotatable bonds is 9. The van der Waals surface area contributed by atoms with Gasteiger partial charge in [0.25, 0.3) is 5.91 Å². The smallest absolute Gasteiger partial charge is 0.391 e. The van der Waals surface area contributed by atoms with Crippen molar-refractivity contribution in [3.8, 4) is 0 Å². The van der Waals surface area contributed by atoms with Crippen LogP contribution in [0.3, 0.4) is 0 Å². The van der Waals surface area contributed by atoms with E-state index in [0.29, 0.717) is 37.1 Å². The molecular weight excluding hydrogens is 567 g/mol. The molecule has 1 fully saturated rings. The Hall–Kier alpha value is -2.21. The topological polar surface area (TPSA) is 99.6 Å². The molecule has 0 saturated heterocycles. The molecule has 0 bridgehead atoms. The van der Waals surface area contributed by atoms with Crippen molar-refractivity contribution in [3.05, 3.63) is 58.9 Å². The lowest BCUT2D eigenvalue weighted by atomic mass is 9.81. The second-order valence-corrected chi connectivity index (χ2v) is 12.8. The Balaban J connectivity index is 0.00000441. The maximum Gasteiger partial charge on any atom is 0.391 e. The minimum absolute atomic E-state index is 0. The summed E-state index contributed by atoms with van der Waals surface area (Å²) < 4.78 is 63.3. The third kappa shape index (κ3) is 7.16. The van der Waals surface area contributed by atoms with Gasteiger partial charge in [0.15, 0.2) is 9.84 Å². The van der Waals surface area contributed by atoms with Gasteiger partial charge in [-0.3, -0.25) is 14.7 Å². The molecule has 2 aromatic rings. The molecule has 40 heavy (non-hydrogen) atoms. The monoisotopic (exact) mass is 603 g/mol. The maximum atomic E-state index is 13.1. The molecular formula is C28H37ClF3N3O4S. The van der Waals surface area contributed by atoms with Gasteiger partial charge in [0.2, 0.25) is 0 Å². The van der Waals surface area contributed by atoms with Crippen LogP contribution in [0.15, 0.2) is 41.4 Å². The van der Waals surface area contributed by atoms with E-state index < -0.39 is 33.9 Å². The molecule has 0 unspecified atom stereocenters. The zero-order chi connectivity index (χ0) is 28.4. The van der Waals surface area contributed by atoms with Gasteiger partial charge in [0, 0.05) is 19.3 Å². The van der Waals surface area contributed by atoms with Crippen LogP contribution in [-0.2, 0) is 16.4 Å². The Morgan fingerprint density at radius 1 is 1.15 bits per heavy atom. The zero-order valence-corrected chi connectivity index (χ0v) is 24.3. The molecule has 2 atom stereocenters. The molecule has 222 valence electrons. The molecule has 1 amide bonds. The molecule has 1 saturated carbocycles. The van der Waals surface area contributed by atoms with Crippen molar-refractivity contribution in [2.45, 2.75) is 75.7 Å². The van der Waals surface area contributed by atoms with Crippen LogP contribution in [0.2, 0.25) is 0 Å². The number of hydrogen-bond donors (Lipinski definition) is 2. The molecule has 1 aromatic carbocycles. The van der Waals surface area contributed by atoms with Gasteiger partial charge in [0.1, 0.15) is 0 Å². The summed E-state index contributed by atoms with van der Waals surface area (Å²) in [5, 5.41) is 12.7. The lowest BCUT2D eigenvalue weighted by molar-refractivity contribution is -0.184. The number of halogens is 4. The normalized spacial score (nSPS) is 22.3. The maximum absolute atomic E-state index is 13.1. The second kappa shape index (κ2) is 13.2. The van der Waals surface area contributed by atoms with Gasteiger partial charge in [-0.05, 0) is 67.3 Å². The van der Waals surface area contributed by atoms with E-state index >= 15 is 0 Å². The second-order valence-electron chi connectivity index (χ2n) is 10.6. The van der Waals surface area contributed by atoms with E-state index in [2.05, 4.69) is 22.1 Å². The van der Waals surface area contributed by atoms with Crippen LogP contribution < -0.4 is 5.32 Å². The summed E-state index contributed by atoms with van der Waals surface area (Å²) in [5.74, 6) is -1.42. The molecule has 4 rings (SSSR count). The van der Waals surface area contributed by atoms with Gasteiger partial charge < -0.3 is 10.4 Å². The first kappa shape index (κ1) is 32.3. The molecule has 1 aliphatic carbocycles. The van der Waals surface area contributed by atoms with Gasteiger partial charge in [-0.1, -0.05) is 26.0 Å². The number of sulfone groups is 1. The Morgan fingerprint density at radius 2 is 1.80 bits per heavy atom. The van der Waals surface area contributed by atoms with Gasteiger partial charge in [-0.25, -0.2) is 8.42 Å². The summed E-state index contributed by atoms with van der Waals surface area (Å²) in [6.45, 7) is 4.54. The number of carbonyl (C=O) groups is 1. The fourth-order valence-electron chi connectivity index (χ4n) is 5.77. The Kier molecular flexibility index (Phi) is 10.6. The highest BCUT2D eigenvalue weighted by Gasteiger charge is 2.42. The summed E-state index contributed by atoms with van der Waals surface area (Å²) in [6, 6.07) is 7.22. The van der Waals surface area contributed by atoms with Gasteiger partial charge in [0.05, 0.1) is 46.5 Å². The van der Waals surface area contributed by atoms with Crippen LogP contribution in [0.1, 0.15) is 85.2 Å². The first-order chi connectivity index (χ1) is 18.5. The minimum atomic E-state index is -4.12. The molecule has 7 nitrogen and oxygen atoms in total. The largest absolute Gasteiger partial charge is 0.394 e. The first-order valence-corrected chi connectivity index (χ1v) is 15.2. The van der Waals surface area contributed by atoms with E-state index in [-0.39, 0.29) is 54.5 Å². The summed E-state index contributed by atoms with van der Waals surface area (Å²) in [7, 11) is -3.36. The molecule has 0 radical (unpaired) electrons. The number of fused-ring (bicyclic) bond motifs is 1. The van der Waals surface area contributed by atoms with Crippen molar-refractivity contribution < 1.29 is 31.5 Å². The number of carbonyl (C=O) groups excluding carboxylic acids is 1. The van der Waals surface area contributed by atoms with E-state index in [0.717, 1.165) is 17.7 Å². The molecule has 2 heterocycles. The molecule has 2 N–H and O–H groups in total. The van der Waals surface area contributed by atoms with Crippen molar-refractivity contribution >= 4 is 28.2 Å². The zero-order valence-electron chi connectivity index (χ0n) is 22.7. The highest BCUT2D eigenvalue weighted by Crippen LogP contribution is 2.42. The fourth-order valence-corrected chi connectivity index (χ4v) is 6.66. The van der Waals surface area contributed by atoms with Gasteiger partial charge >= 0.3 is 6.18 Å². The van der Waals surface area contributed by atoms with Crippen LogP contribution in [0, 0.1) is 11.8 Å². The van der Waals surface area contributed by atoms with Crippen LogP contribution in [-0.4, -0.2) is 54.4 Å². The van der Waals surface area contributed by atoms with E-state index in [1.165, 1.54) is 18.3 Å². The molecule has 1 aromatic heterocycles. The Bertz CT molecular complexity index is 1270. The molecule has 0 spiro atoms. The third-order valence-corrected chi connectivity index (χ3v) is 9.84. The van der Waals surface area contributed by atoms with Crippen LogP contribution in [0.25, 0.3) is 0 Å². The molecule has 1 aliphatic heterocycles. The number of hydrogen-bond acceptors (Lipinski definition) is 6. The quantitative estimate of drug-likeness (QED) is 0.398. The first-order valence-electron chi connectivity index (χ1n) is 13.5. The van der Waals surface area contributed by atoms with Crippen molar-refractivity contribution in [3.63, 3.8) is 0 Å².